The van der Waals surface area contributed by atoms with Crippen LogP contribution in [0.1, 0.15) is 36.9 Å². The lowest BCUT2D eigenvalue weighted by Crippen LogP contribution is -2.41. The van der Waals surface area contributed by atoms with Crippen LogP contribution in [0.2, 0.25) is 0 Å². The third-order valence-electron chi connectivity index (χ3n) is 3.59. The summed E-state index contributed by atoms with van der Waals surface area (Å²) in [6, 6.07) is 5.92. The number of nitrogens with one attached hydrogen (secondary N) is 2. The second kappa shape index (κ2) is 6.06. The molecule has 2 N–H and O–H groups in total. The van der Waals surface area contributed by atoms with Crippen molar-refractivity contribution in [2.45, 2.75) is 38.8 Å². The lowest BCUT2D eigenvalue weighted by atomic mass is 10.0. The largest absolute Gasteiger partial charge is 0.496 e. The van der Waals surface area contributed by atoms with Gasteiger partial charge in [0, 0.05) is 5.56 Å². The summed E-state index contributed by atoms with van der Waals surface area (Å²) in [5.41, 5.74) is 2.18. The molecular weight excluding hydrogens is 240 g/mol. The maximum absolute atomic E-state index is 12.1. The van der Waals surface area contributed by atoms with Crippen molar-refractivity contribution in [3.05, 3.63) is 29.3 Å². The molecule has 4 heteroatoms. The summed E-state index contributed by atoms with van der Waals surface area (Å²) >= 11 is 0. The van der Waals surface area contributed by atoms with E-state index in [1.165, 1.54) is 0 Å². The zero-order valence-corrected chi connectivity index (χ0v) is 11.8. The van der Waals surface area contributed by atoms with E-state index in [2.05, 4.69) is 16.7 Å². The lowest BCUT2D eigenvalue weighted by Gasteiger charge is -2.20. The highest BCUT2D eigenvalue weighted by Crippen LogP contribution is 2.26. The number of hydrogen-bond acceptors (Lipinski definition) is 3. The number of benzene rings is 1. The Morgan fingerprint density at radius 3 is 2.95 bits per heavy atom. The van der Waals surface area contributed by atoms with Crippen molar-refractivity contribution >= 4 is 5.91 Å². The molecule has 0 radical (unpaired) electrons. The predicted molar refractivity (Wildman–Crippen MR) is 75.3 cm³/mol. The fourth-order valence-electron chi connectivity index (χ4n) is 2.49. The van der Waals surface area contributed by atoms with Gasteiger partial charge in [-0.25, -0.2) is 0 Å². The van der Waals surface area contributed by atoms with Crippen LogP contribution in [0.15, 0.2) is 18.2 Å². The average Bonchev–Trinajstić information content (AvgIpc) is 2.92. The van der Waals surface area contributed by atoms with Gasteiger partial charge < -0.3 is 15.4 Å². The van der Waals surface area contributed by atoms with Gasteiger partial charge in [-0.2, -0.15) is 0 Å². The molecule has 0 aromatic heterocycles. The Morgan fingerprint density at radius 2 is 2.32 bits per heavy atom. The predicted octanol–water partition coefficient (Wildman–Crippen LogP) is 1.93. The number of ether oxygens (including phenoxy) is 1. The first kappa shape index (κ1) is 13.9. The van der Waals surface area contributed by atoms with Gasteiger partial charge in [-0.05, 0) is 39.3 Å². The maximum Gasteiger partial charge on any atom is 0.237 e. The average molecular weight is 262 g/mol. The van der Waals surface area contributed by atoms with Crippen LogP contribution < -0.4 is 15.4 Å². The van der Waals surface area contributed by atoms with E-state index < -0.39 is 0 Å². The van der Waals surface area contributed by atoms with Gasteiger partial charge in [0.1, 0.15) is 5.75 Å². The van der Waals surface area contributed by atoms with Gasteiger partial charge >= 0.3 is 0 Å². The zero-order chi connectivity index (χ0) is 13.8. The molecule has 1 aliphatic heterocycles. The minimum Gasteiger partial charge on any atom is -0.496 e. The number of hydrogen-bond donors (Lipinski definition) is 2. The van der Waals surface area contributed by atoms with Crippen molar-refractivity contribution in [2.75, 3.05) is 13.7 Å². The fraction of sp³-hybridized carbons (Fsp3) is 0.533. The Kier molecular flexibility index (Phi) is 4.43. The highest BCUT2D eigenvalue weighted by molar-refractivity contribution is 5.82. The molecule has 1 fully saturated rings. The number of aryl methyl sites for hydroxylation is 1. The molecule has 1 aliphatic rings. The number of methoxy groups -OCH3 is 1. The van der Waals surface area contributed by atoms with Crippen LogP contribution in [0.3, 0.4) is 0 Å². The van der Waals surface area contributed by atoms with Gasteiger partial charge in [-0.3, -0.25) is 4.79 Å². The first-order valence-corrected chi connectivity index (χ1v) is 6.80. The molecule has 0 bridgehead atoms. The fourth-order valence-corrected chi connectivity index (χ4v) is 2.49. The molecule has 1 unspecified atom stereocenters. The lowest BCUT2D eigenvalue weighted by molar-refractivity contribution is -0.123. The van der Waals surface area contributed by atoms with Crippen molar-refractivity contribution in [3.8, 4) is 5.75 Å². The van der Waals surface area contributed by atoms with Crippen LogP contribution >= 0.6 is 0 Å². The molecule has 0 spiro atoms. The van der Waals surface area contributed by atoms with E-state index in [1.54, 1.807) is 7.11 Å². The molecule has 19 heavy (non-hydrogen) atoms. The first-order chi connectivity index (χ1) is 9.11. The minimum atomic E-state index is -0.0512. The van der Waals surface area contributed by atoms with E-state index in [1.807, 2.05) is 26.0 Å². The topological polar surface area (TPSA) is 50.4 Å². The van der Waals surface area contributed by atoms with Crippen LogP contribution in [0.4, 0.5) is 0 Å². The Morgan fingerprint density at radius 1 is 1.53 bits per heavy atom. The van der Waals surface area contributed by atoms with E-state index in [0.717, 1.165) is 36.3 Å². The number of rotatable bonds is 4. The second-order valence-electron chi connectivity index (χ2n) is 5.12. The van der Waals surface area contributed by atoms with E-state index in [-0.39, 0.29) is 18.0 Å². The molecule has 104 valence electrons. The van der Waals surface area contributed by atoms with Crippen molar-refractivity contribution in [3.63, 3.8) is 0 Å². The van der Waals surface area contributed by atoms with Crippen molar-refractivity contribution < 1.29 is 9.53 Å². The highest BCUT2D eigenvalue weighted by atomic mass is 16.5. The molecule has 1 amide bonds. The van der Waals surface area contributed by atoms with Crippen LogP contribution in [-0.4, -0.2) is 25.6 Å². The highest BCUT2D eigenvalue weighted by Gasteiger charge is 2.24. The summed E-state index contributed by atoms with van der Waals surface area (Å²) in [4.78, 5) is 12.1. The molecule has 2 rings (SSSR count). The molecule has 2 atom stereocenters. The molecule has 0 saturated carbocycles. The van der Waals surface area contributed by atoms with E-state index in [0.29, 0.717) is 0 Å². The second-order valence-corrected chi connectivity index (χ2v) is 5.12. The Balaban J connectivity index is 2.08. The van der Waals surface area contributed by atoms with Gasteiger partial charge in [0.05, 0.1) is 19.2 Å². The Labute approximate surface area is 114 Å². The Bertz CT molecular complexity index is 453. The van der Waals surface area contributed by atoms with E-state index in [9.17, 15) is 4.79 Å². The van der Waals surface area contributed by atoms with Crippen molar-refractivity contribution in [1.29, 1.82) is 0 Å². The van der Waals surface area contributed by atoms with Crippen LogP contribution in [0, 0.1) is 6.92 Å². The van der Waals surface area contributed by atoms with Gasteiger partial charge in [0.25, 0.3) is 0 Å². The summed E-state index contributed by atoms with van der Waals surface area (Å²) in [5.74, 6) is 0.895. The third kappa shape index (κ3) is 3.26. The Hall–Kier alpha value is -1.55. The van der Waals surface area contributed by atoms with Gasteiger partial charge in [-0.15, -0.1) is 0 Å². The third-order valence-corrected chi connectivity index (χ3v) is 3.59. The quantitative estimate of drug-likeness (QED) is 0.871. The van der Waals surface area contributed by atoms with Crippen LogP contribution in [0.5, 0.6) is 5.75 Å². The molecule has 1 aromatic rings. The molecular formula is C15H22N2O2. The SMILES string of the molecule is COc1ccc(C)cc1C(C)NC(=O)[C@@H]1CCCN1. The van der Waals surface area contributed by atoms with Gasteiger partial charge in [-0.1, -0.05) is 17.7 Å². The number of carbonyl (C=O) groups is 1. The normalized spacial score (nSPS) is 20.1. The van der Waals surface area contributed by atoms with E-state index >= 15 is 0 Å². The monoisotopic (exact) mass is 262 g/mol. The summed E-state index contributed by atoms with van der Waals surface area (Å²) in [6.07, 6.45) is 1.99. The molecule has 1 saturated heterocycles. The van der Waals surface area contributed by atoms with Crippen LogP contribution in [-0.2, 0) is 4.79 Å². The molecule has 1 heterocycles. The minimum absolute atomic E-state index is 0.0433. The summed E-state index contributed by atoms with van der Waals surface area (Å²) in [5, 5.41) is 6.27. The van der Waals surface area contributed by atoms with Crippen LogP contribution in [0.25, 0.3) is 0 Å². The summed E-state index contributed by atoms with van der Waals surface area (Å²) in [7, 11) is 1.65. The van der Waals surface area contributed by atoms with Crippen molar-refractivity contribution in [1.82, 2.24) is 10.6 Å². The van der Waals surface area contributed by atoms with E-state index in [4.69, 9.17) is 4.74 Å². The molecule has 4 nitrogen and oxygen atoms in total. The molecule has 0 aliphatic carbocycles. The first-order valence-electron chi connectivity index (χ1n) is 6.80. The van der Waals surface area contributed by atoms with Crippen molar-refractivity contribution in [2.24, 2.45) is 0 Å². The number of amides is 1. The smallest absolute Gasteiger partial charge is 0.237 e. The summed E-state index contributed by atoms with van der Waals surface area (Å²) < 4.78 is 5.36. The number of carbonyl (C=O) groups excluding carboxylic acids is 1. The summed E-state index contributed by atoms with van der Waals surface area (Å²) in [6.45, 7) is 4.96. The van der Waals surface area contributed by atoms with Gasteiger partial charge in [0.15, 0.2) is 0 Å². The standard InChI is InChI=1S/C15H22N2O2/c1-10-6-7-14(19-3)12(9-10)11(2)17-15(18)13-5-4-8-16-13/h6-7,9,11,13,16H,4-5,8H2,1-3H3,(H,17,18)/t11?,13-/m0/s1. The van der Waals surface area contributed by atoms with Gasteiger partial charge in [0.2, 0.25) is 5.91 Å². The zero-order valence-electron chi connectivity index (χ0n) is 11.8. The molecule has 1 aromatic carbocycles. The maximum atomic E-state index is 12.1.